The Morgan fingerprint density at radius 2 is 1.90 bits per heavy atom. The van der Waals surface area contributed by atoms with Gasteiger partial charge in [-0.2, -0.15) is 4.31 Å². The topological polar surface area (TPSA) is 66.9 Å². The molecule has 3 rings (SSSR count). The molecule has 0 N–H and O–H groups in total. The quantitative estimate of drug-likeness (QED) is 0.604. The molecule has 0 fully saturated rings. The minimum absolute atomic E-state index is 0.0987. The molecule has 0 aliphatic carbocycles. The van der Waals surface area contributed by atoms with Gasteiger partial charge in [0.15, 0.2) is 6.61 Å². The molecule has 1 amide bonds. The van der Waals surface area contributed by atoms with Crippen LogP contribution in [-0.2, 0) is 21.2 Å². The first-order chi connectivity index (χ1) is 13.8. The van der Waals surface area contributed by atoms with Gasteiger partial charge in [0.1, 0.15) is 5.75 Å². The van der Waals surface area contributed by atoms with Crippen molar-refractivity contribution in [2.24, 2.45) is 0 Å². The van der Waals surface area contributed by atoms with Crippen molar-refractivity contribution < 1.29 is 17.9 Å². The van der Waals surface area contributed by atoms with Crippen LogP contribution >= 0.6 is 15.9 Å². The normalized spacial score (nSPS) is 13.6. The van der Waals surface area contributed by atoms with Gasteiger partial charge in [0.2, 0.25) is 10.0 Å². The van der Waals surface area contributed by atoms with E-state index in [9.17, 15) is 13.2 Å². The summed E-state index contributed by atoms with van der Waals surface area (Å²) in [6, 6.07) is 10.6. The summed E-state index contributed by atoms with van der Waals surface area (Å²) in [6.07, 6.45) is 0.817. The third-order valence-electron chi connectivity index (χ3n) is 5.08. The first kappa shape index (κ1) is 21.8. The zero-order valence-corrected chi connectivity index (χ0v) is 19.2. The number of halogens is 1. The zero-order chi connectivity index (χ0) is 21.2. The van der Waals surface area contributed by atoms with E-state index in [0.29, 0.717) is 30.9 Å². The predicted molar refractivity (Wildman–Crippen MR) is 117 cm³/mol. The van der Waals surface area contributed by atoms with Gasteiger partial charge in [0.25, 0.3) is 5.91 Å². The van der Waals surface area contributed by atoms with Gasteiger partial charge in [0.05, 0.1) is 4.90 Å². The van der Waals surface area contributed by atoms with Crippen LogP contribution < -0.4 is 9.64 Å². The number of carbonyl (C=O) groups excluding carboxylic acids is 1. The van der Waals surface area contributed by atoms with Crippen LogP contribution in [0.1, 0.15) is 25.0 Å². The fourth-order valence-corrected chi connectivity index (χ4v) is 5.46. The second kappa shape index (κ2) is 8.85. The Morgan fingerprint density at radius 3 is 2.55 bits per heavy atom. The summed E-state index contributed by atoms with van der Waals surface area (Å²) in [6.45, 7) is 6.77. The van der Waals surface area contributed by atoms with E-state index in [4.69, 9.17) is 4.74 Å². The number of fused-ring (bicyclic) bond motifs is 1. The van der Waals surface area contributed by atoms with Crippen LogP contribution in [0.3, 0.4) is 0 Å². The summed E-state index contributed by atoms with van der Waals surface area (Å²) in [5.74, 6) is 0.386. The second-order valence-electron chi connectivity index (χ2n) is 6.87. The summed E-state index contributed by atoms with van der Waals surface area (Å²) >= 11 is 3.45. The van der Waals surface area contributed by atoms with Crippen LogP contribution in [0.2, 0.25) is 0 Å². The highest BCUT2D eigenvalue weighted by molar-refractivity contribution is 9.10. The Balaban J connectivity index is 1.70. The average molecular weight is 481 g/mol. The van der Waals surface area contributed by atoms with E-state index >= 15 is 0 Å². The minimum Gasteiger partial charge on any atom is -0.483 e. The summed E-state index contributed by atoms with van der Waals surface area (Å²) in [4.78, 5) is 14.6. The molecule has 1 aliphatic rings. The van der Waals surface area contributed by atoms with Crippen molar-refractivity contribution in [1.82, 2.24) is 4.31 Å². The maximum absolute atomic E-state index is 12.7. The molecule has 0 saturated heterocycles. The number of sulfonamides is 1. The maximum Gasteiger partial charge on any atom is 0.264 e. The number of hydrogen-bond acceptors (Lipinski definition) is 4. The Kier molecular flexibility index (Phi) is 6.65. The van der Waals surface area contributed by atoms with Crippen LogP contribution in [0.25, 0.3) is 0 Å². The number of carbonyl (C=O) groups is 1. The van der Waals surface area contributed by atoms with Crippen LogP contribution in [0.15, 0.2) is 45.8 Å². The van der Waals surface area contributed by atoms with Crippen molar-refractivity contribution in [2.45, 2.75) is 32.1 Å². The Bertz CT molecular complexity index is 1020. The molecule has 0 atom stereocenters. The van der Waals surface area contributed by atoms with E-state index in [1.807, 2.05) is 32.0 Å². The summed E-state index contributed by atoms with van der Waals surface area (Å²) in [5, 5.41) is 0. The summed E-state index contributed by atoms with van der Waals surface area (Å²) < 4.78 is 33.5. The molecule has 1 heterocycles. The minimum atomic E-state index is -3.52. The first-order valence-corrected chi connectivity index (χ1v) is 11.8. The molecule has 1 aliphatic heterocycles. The number of aryl methyl sites for hydroxylation is 1. The third kappa shape index (κ3) is 4.49. The Morgan fingerprint density at radius 1 is 1.17 bits per heavy atom. The van der Waals surface area contributed by atoms with Gasteiger partial charge in [-0.05, 0) is 60.9 Å². The standard InChI is InChI=1S/C21H25BrN2O4S/c1-4-23(5-2)29(26,27)18-7-9-20(15(3)12-18)28-14-21(25)24-11-10-16-13-17(22)6-8-19(16)24/h6-9,12-13H,4-5,10-11,14H2,1-3H3. The molecule has 0 aromatic heterocycles. The first-order valence-electron chi connectivity index (χ1n) is 9.60. The van der Waals surface area contributed by atoms with Gasteiger partial charge in [-0.25, -0.2) is 8.42 Å². The number of ether oxygens (including phenoxy) is 1. The van der Waals surface area contributed by atoms with Crippen molar-refractivity contribution >= 4 is 37.5 Å². The zero-order valence-electron chi connectivity index (χ0n) is 16.8. The lowest BCUT2D eigenvalue weighted by Crippen LogP contribution is -2.33. The SMILES string of the molecule is CCN(CC)S(=O)(=O)c1ccc(OCC(=O)N2CCc3cc(Br)ccc32)c(C)c1. The van der Waals surface area contributed by atoms with E-state index in [1.54, 1.807) is 24.0 Å². The number of rotatable bonds is 7. The number of hydrogen-bond donors (Lipinski definition) is 0. The molecule has 2 aromatic rings. The van der Waals surface area contributed by atoms with E-state index in [1.165, 1.54) is 10.4 Å². The lowest BCUT2D eigenvalue weighted by Gasteiger charge is -2.20. The van der Waals surface area contributed by atoms with Crippen LogP contribution in [0, 0.1) is 6.92 Å². The highest BCUT2D eigenvalue weighted by Gasteiger charge is 2.26. The molecule has 8 heteroatoms. The van der Waals surface area contributed by atoms with Gasteiger partial charge in [-0.3, -0.25) is 4.79 Å². The van der Waals surface area contributed by atoms with Gasteiger partial charge >= 0.3 is 0 Å². The number of benzene rings is 2. The van der Waals surface area contributed by atoms with Crippen molar-refractivity contribution in [3.63, 3.8) is 0 Å². The van der Waals surface area contributed by atoms with Gasteiger partial charge in [-0.15, -0.1) is 0 Å². The van der Waals surface area contributed by atoms with Crippen LogP contribution in [0.5, 0.6) is 5.75 Å². The number of nitrogens with zero attached hydrogens (tertiary/aromatic N) is 2. The average Bonchev–Trinajstić information content (AvgIpc) is 3.10. The molecule has 156 valence electrons. The van der Waals surface area contributed by atoms with Crippen LogP contribution in [-0.4, -0.2) is 44.9 Å². The molecule has 0 radical (unpaired) electrons. The fraction of sp³-hybridized carbons (Fsp3) is 0.381. The summed E-state index contributed by atoms with van der Waals surface area (Å²) in [5.41, 5.74) is 2.73. The number of amides is 1. The third-order valence-corrected chi connectivity index (χ3v) is 7.62. The highest BCUT2D eigenvalue weighted by atomic mass is 79.9. The maximum atomic E-state index is 12.7. The molecule has 6 nitrogen and oxygen atoms in total. The second-order valence-corrected chi connectivity index (χ2v) is 9.73. The van der Waals surface area contributed by atoms with Crippen molar-refractivity contribution in [1.29, 1.82) is 0 Å². The molecular formula is C21H25BrN2O4S. The van der Waals surface area contributed by atoms with Crippen molar-refractivity contribution in [3.05, 3.63) is 52.0 Å². The Hall–Kier alpha value is -1.90. The van der Waals surface area contributed by atoms with E-state index in [-0.39, 0.29) is 17.4 Å². The molecule has 29 heavy (non-hydrogen) atoms. The summed E-state index contributed by atoms with van der Waals surface area (Å²) in [7, 11) is -3.52. The molecule has 0 spiro atoms. The lowest BCUT2D eigenvalue weighted by atomic mass is 10.2. The molecular weight excluding hydrogens is 456 g/mol. The fourth-order valence-electron chi connectivity index (χ4n) is 3.50. The van der Waals surface area contributed by atoms with E-state index < -0.39 is 10.0 Å². The Labute approximate surface area is 180 Å². The molecule has 2 aromatic carbocycles. The van der Waals surface area contributed by atoms with Crippen LogP contribution in [0.4, 0.5) is 5.69 Å². The number of anilines is 1. The van der Waals surface area contributed by atoms with E-state index in [2.05, 4.69) is 15.9 Å². The predicted octanol–water partition coefficient (Wildman–Crippen LogP) is 3.76. The highest BCUT2D eigenvalue weighted by Crippen LogP contribution is 2.31. The van der Waals surface area contributed by atoms with E-state index in [0.717, 1.165) is 22.1 Å². The molecule has 0 saturated carbocycles. The van der Waals surface area contributed by atoms with Gasteiger partial charge in [-0.1, -0.05) is 29.8 Å². The molecule has 0 bridgehead atoms. The van der Waals surface area contributed by atoms with Crippen molar-refractivity contribution in [2.75, 3.05) is 31.1 Å². The largest absolute Gasteiger partial charge is 0.483 e. The van der Waals surface area contributed by atoms with Gasteiger partial charge < -0.3 is 9.64 Å². The lowest BCUT2D eigenvalue weighted by molar-refractivity contribution is -0.120. The molecule has 0 unspecified atom stereocenters. The van der Waals surface area contributed by atoms with Gasteiger partial charge in [0, 0.05) is 29.8 Å². The van der Waals surface area contributed by atoms with Crippen molar-refractivity contribution in [3.8, 4) is 5.75 Å². The monoisotopic (exact) mass is 480 g/mol. The smallest absolute Gasteiger partial charge is 0.264 e.